The van der Waals surface area contributed by atoms with Crippen LogP contribution < -0.4 is 21.9 Å². The first kappa shape index (κ1) is 37.0. The molecule has 3 heteroatoms. The van der Waals surface area contributed by atoms with E-state index in [1.807, 2.05) is 0 Å². The van der Waals surface area contributed by atoms with Gasteiger partial charge in [0.25, 0.3) is 0 Å². The fraction of sp³-hybridized carbons (Fsp3) is 0.400. The normalized spacial score (nSPS) is 11.3. The molecule has 43 heavy (non-hydrogen) atoms. The van der Waals surface area contributed by atoms with Crippen molar-refractivity contribution in [1.29, 1.82) is 0 Å². The first-order chi connectivity index (χ1) is 20.7. The minimum Gasteiger partial charge on any atom is -0.205 e. The quantitative estimate of drug-likeness (QED) is 0.116. The van der Waals surface area contributed by atoms with E-state index in [-0.39, 0.29) is 23.1 Å². The van der Waals surface area contributed by atoms with Gasteiger partial charge in [-0.2, -0.15) is 25.3 Å². The summed E-state index contributed by atoms with van der Waals surface area (Å²) in [5.74, 6) is 0. The van der Waals surface area contributed by atoms with E-state index < -0.39 is 12.3 Å². The third kappa shape index (κ3) is 10.4. The van der Waals surface area contributed by atoms with Crippen LogP contribution >= 0.6 is 0 Å². The van der Waals surface area contributed by atoms with Crippen LogP contribution in [0, 0.1) is 0 Å². The molecular weight excluding hydrogens is 526 g/mol. The molecule has 0 aliphatic carbocycles. The number of hydrogen-bond acceptors (Lipinski definition) is 0. The summed E-state index contributed by atoms with van der Waals surface area (Å²) in [5, 5.41) is 0. The van der Waals surface area contributed by atoms with Gasteiger partial charge in [0, 0.05) is 0 Å². The first-order valence-electron chi connectivity index (χ1n) is 17.3. The summed E-state index contributed by atoms with van der Waals surface area (Å²) in [7, 11) is 0. The van der Waals surface area contributed by atoms with E-state index in [9.17, 15) is 0 Å². The van der Waals surface area contributed by atoms with Crippen molar-refractivity contribution in [2.24, 2.45) is 0 Å². The maximum atomic E-state index is 2.35. The largest absolute Gasteiger partial charge is 2.00 e. The van der Waals surface area contributed by atoms with Gasteiger partial charge >= 0.3 is 23.1 Å². The average molecular weight is 583 g/mol. The summed E-state index contributed by atoms with van der Waals surface area (Å²) in [6.07, 6.45) is 14.4. The molecule has 224 valence electrons. The maximum absolute atomic E-state index is 2.35. The molecule has 0 N–H and O–H groups in total. The summed E-state index contributed by atoms with van der Waals surface area (Å²) in [4.78, 5) is 0. The molecule has 0 amide bonds. The molecule has 0 radical (unpaired) electrons. The van der Waals surface area contributed by atoms with Gasteiger partial charge in [-0.1, -0.05) is 200 Å². The van der Waals surface area contributed by atoms with Crippen molar-refractivity contribution in [1.82, 2.24) is 0 Å². The number of hydrogen-bond donors (Lipinski definition) is 0. The molecule has 0 aliphatic heterocycles. The SMILES string of the molecule is CCCC[B-](CCCC)(c1ccccc1)c1ccccc1.CCCC[B-](CCCC)(c1ccccc1)c1ccccc1.[Mg+2]. The van der Waals surface area contributed by atoms with Crippen LogP contribution in [0.15, 0.2) is 121 Å². The van der Waals surface area contributed by atoms with Crippen molar-refractivity contribution in [2.75, 3.05) is 0 Å². The van der Waals surface area contributed by atoms with Crippen LogP contribution in [0.25, 0.3) is 0 Å². The van der Waals surface area contributed by atoms with Crippen molar-refractivity contribution in [3.63, 3.8) is 0 Å². The van der Waals surface area contributed by atoms with Gasteiger partial charge in [0.05, 0.1) is 12.3 Å². The number of unbranched alkanes of at least 4 members (excludes halogenated alkanes) is 4. The van der Waals surface area contributed by atoms with Crippen LogP contribution in [0.4, 0.5) is 0 Å². The van der Waals surface area contributed by atoms with E-state index in [1.165, 1.54) is 76.6 Å². The molecule has 0 spiro atoms. The van der Waals surface area contributed by atoms with Crippen LogP contribution in [0.2, 0.25) is 25.3 Å². The zero-order chi connectivity index (χ0) is 29.9. The Morgan fingerprint density at radius 3 is 0.674 bits per heavy atom. The van der Waals surface area contributed by atoms with E-state index in [4.69, 9.17) is 0 Å². The Morgan fingerprint density at radius 2 is 0.512 bits per heavy atom. The maximum Gasteiger partial charge on any atom is 2.00 e. The molecule has 0 saturated heterocycles. The fourth-order valence-corrected chi connectivity index (χ4v) is 7.50. The van der Waals surface area contributed by atoms with Crippen molar-refractivity contribution in [3.05, 3.63) is 121 Å². The smallest absolute Gasteiger partial charge is 0.205 e. The molecule has 0 fully saturated rings. The predicted octanol–water partition coefficient (Wildman–Crippen LogP) is 9.32. The van der Waals surface area contributed by atoms with Gasteiger partial charge in [0.2, 0.25) is 0 Å². The van der Waals surface area contributed by atoms with Crippen LogP contribution in [0.5, 0.6) is 0 Å². The van der Waals surface area contributed by atoms with Crippen molar-refractivity contribution in [3.8, 4) is 0 Å². The van der Waals surface area contributed by atoms with Crippen molar-refractivity contribution >= 4 is 57.2 Å². The predicted molar refractivity (Wildman–Crippen MR) is 200 cm³/mol. The van der Waals surface area contributed by atoms with Gasteiger partial charge in [-0.15, -0.1) is 0 Å². The molecule has 4 rings (SSSR count). The molecule has 0 heterocycles. The summed E-state index contributed by atoms with van der Waals surface area (Å²) in [6, 6.07) is 44.9. The van der Waals surface area contributed by atoms with Gasteiger partial charge in [-0.25, -0.2) is 21.9 Å². The summed E-state index contributed by atoms with van der Waals surface area (Å²) in [5.41, 5.74) is 6.19. The number of rotatable bonds is 16. The van der Waals surface area contributed by atoms with E-state index in [0.29, 0.717) is 0 Å². The van der Waals surface area contributed by atoms with E-state index >= 15 is 0 Å². The third-order valence-corrected chi connectivity index (χ3v) is 9.95. The third-order valence-electron chi connectivity index (χ3n) is 9.95. The van der Waals surface area contributed by atoms with Crippen LogP contribution in [0.3, 0.4) is 0 Å². The molecule has 4 aromatic rings. The molecule has 0 atom stereocenters. The van der Waals surface area contributed by atoms with Crippen molar-refractivity contribution in [2.45, 2.75) is 104 Å². The molecule has 0 saturated carbocycles. The Hall–Kier alpha value is -2.22. The zero-order valence-corrected chi connectivity index (χ0v) is 29.3. The Balaban J connectivity index is 0.000000293. The minimum atomic E-state index is -0.611. The zero-order valence-electron chi connectivity index (χ0n) is 27.9. The molecule has 4 aromatic carbocycles. The van der Waals surface area contributed by atoms with E-state index in [2.05, 4.69) is 149 Å². The standard InChI is InChI=1S/2C20H28B.Mg/c2*1-3-5-17-21(18-6-4-2,19-13-9-7-10-14-19)20-15-11-8-12-16-20;/h2*7-16H,3-6,17-18H2,1-2H3;/q2*-1;+2. The Bertz CT molecular complexity index is 1010. The Kier molecular flexibility index (Phi) is 17.8. The second kappa shape index (κ2) is 20.7. The van der Waals surface area contributed by atoms with Gasteiger partial charge in [0.1, 0.15) is 0 Å². The van der Waals surface area contributed by atoms with Gasteiger partial charge in [-0.05, 0) is 0 Å². The van der Waals surface area contributed by atoms with Gasteiger partial charge < -0.3 is 0 Å². The minimum absolute atomic E-state index is 0. The topological polar surface area (TPSA) is 0 Å². The summed E-state index contributed by atoms with van der Waals surface area (Å²) in [6.45, 7) is 9.21. The Morgan fingerprint density at radius 1 is 0.326 bits per heavy atom. The Labute approximate surface area is 281 Å². The molecule has 0 bridgehead atoms. The van der Waals surface area contributed by atoms with Crippen LogP contribution in [-0.2, 0) is 0 Å². The van der Waals surface area contributed by atoms with E-state index in [1.54, 1.807) is 21.9 Å². The average Bonchev–Trinajstić information content (AvgIpc) is 3.07. The van der Waals surface area contributed by atoms with Gasteiger partial charge in [-0.3, -0.25) is 0 Å². The molecule has 0 aliphatic rings. The van der Waals surface area contributed by atoms with Gasteiger partial charge in [0.15, 0.2) is 0 Å². The second-order valence-corrected chi connectivity index (χ2v) is 12.7. The van der Waals surface area contributed by atoms with Crippen LogP contribution in [0.1, 0.15) is 79.1 Å². The monoisotopic (exact) mass is 582 g/mol. The molecule has 0 nitrogen and oxygen atoms in total. The summed E-state index contributed by atoms with van der Waals surface area (Å²) < 4.78 is 0. The number of benzene rings is 4. The van der Waals surface area contributed by atoms with E-state index in [0.717, 1.165) is 0 Å². The molecular formula is C40H56B2Mg. The van der Waals surface area contributed by atoms with Crippen LogP contribution in [-0.4, -0.2) is 35.3 Å². The molecule has 0 aromatic heterocycles. The first-order valence-corrected chi connectivity index (χ1v) is 17.3. The second-order valence-electron chi connectivity index (χ2n) is 12.7. The summed E-state index contributed by atoms with van der Waals surface area (Å²) >= 11 is 0. The molecule has 0 unspecified atom stereocenters. The van der Waals surface area contributed by atoms with Crippen molar-refractivity contribution < 1.29 is 0 Å². The fourth-order valence-electron chi connectivity index (χ4n) is 7.50.